The van der Waals surface area contributed by atoms with Gasteiger partial charge in [-0.15, -0.1) is 0 Å². The van der Waals surface area contributed by atoms with Gasteiger partial charge in [-0.1, -0.05) is 38.0 Å². The van der Waals surface area contributed by atoms with Crippen LogP contribution in [0.4, 0.5) is 4.39 Å². The zero-order valence-electron chi connectivity index (χ0n) is 16.3. The fourth-order valence-corrected chi connectivity index (χ4v) is 2.80. The van der Waals surface area contributed by atoms with Crippen LogP contribution in [0.1, 0.15) is 57.9 Å². The van der Waals surface area contributed by atoms with Crippen molar-refractivity contribution < 1.29 is 14.2 Å². The highest BCUT2D eigenvalue weighted by molar-refractivity contribution is 5.62. The molecule has 146 valence electrons. The highest BCUT2D eigenvalue weighted by Gasteiger charge is 2.05. The Morgan fingerprint density at radius 3 is 2.74 bits per heavy atom. The van der Waals surface area contributed by atoms with E-state index in [1.165, 1.54) is 25.0 Å². The molecule has 1 N–H and O–H groups in total. The number of benzene rings is 1. The molecule has 1 unspecified atom stereocenters. The molecule has 2 rings (SSSR count). The van der Waals surface area contributed by atoms with Gasteiger partial charge in [0.25, 0.3) is 0 Å². The Labute approximate surface area is 161 Å². The van der Waals surface area contributed by atoms with Crippen LogP contribution in [0.5, 0.6) is 5.75 Å². The normalized spacial score (nSPS) is 12.6. The highest BCUT2D eigenvalue weighted by Crippen LogP contribution is 2.23. The lowest BCUT2D eigenvalue weighted by Crippen LogP contribution is -2.08. The average molecular weight is 371 g/mol. The Bertz CT molecular complexity index is 713. The molecule has 4 heteroatoms. The summed E-state index contributed by atoms with van der Waals surface area (Å²) in [5.74, 6) is -0.985. The maximum atomic E-state index is 13.4. The molecule has 0 spiro atoms. The lowest BCUT2D eigenvalue weighted by Gasteiger charge is -2.11. The van der Waals surface area contributed by atoms with Crippen molar-refractivity contribution in [2.75, 3.05) is 6.61 Å². The van der Waals surface area contributed by atoms with Gasteiger partial charge in [0.2, 0.25) is 0 Å². The van der Waals surface area contributed by atoms with Crippen LogP contribution in [0.15, 0.2) is 42.6 Å². The quantitative estimate of drug-likeness (QED) is 0.467. The first-order chi connectivity index (χ1) is 13.1. The zero-order chi connectivity index (χ0) is 19.5. The molecule has 0 aliphatic carbocycles. The monoisotopic (exact) mass is 371 g/mol. The molecule has 0 bridgehead atoms. The van der Waals surface area contributed by atoms with Crippen LogP contribution in [-0.2, 0) is 4.74 Å². The van der Waals surface area contributed by atoms with Gasteiger partial charge in [0.15, 0.2) is 11.6 Å². The molecule has 0 fully saturated rings. The third kappa shape index (κ3) is 7.51. The number of halogens is 1. The Morgan fingerprint density at radius 1 is 1.19 bits per heavy atom. The summed E-state index contributed by atoms with van der Waals surface area (Å²) in [5, 5.41) is 9.26. The molecule has 27 heavy (non-hydrogen) atoms. The van der Waals surface area contributed by atoms with Crippen LogP contribution in [0, 0.1) is 5.82 Å². The van der Waals surface area contributed by atoms with Crippen molar-refractivity contribution >= 4 is 6.08 Å². The molecule has 0 aliphatic heterocycles. The number of hydrogen-bond acceptors (Lipinski definition) is 3. The van der Waals surface area contributed by atoms with E-state index in [1.807, 2.05) is 12.1 Å². The number of pyridine rings is 1. The number of aromatic hydroxyl groups is 1. The van der Waals surface area contributed by atoms with Crippen LogP contribution in [0.25, 0.3) is 17.3 Å². The van der Waals surface area contributed by atoms with Gasteiger partial charge in [-0.3, -0.25) is 4.98 Å². The summed E-state index contributed by atoms with van der Waals surface area (Å²) in [7, 11) is 0. The molecule has 1 aromatic carbocycles. The Morgan fingerprint density at radius 2 is 2.04 bits per heavy atom. The van der Waals surface area contributed by atoms with Crippen LogP contribution < -0.4 is 0 Å². The van der Waals surface area contributed by atoms with E-state index in [2.05, 4.69) is 31.0 Å². The predicted molar refractivity (Wildman–Crippen MR) is 109 cm³/mol. The van der Waals surface area contributed by atoms with Crippen molar-refractivity contribution in [3.8, 4) is 17.0 Å². The number of allylic oxidation sites excluding steroid dienone is 1. The number of aromatic nitrogens is 1. The summed E-state index contributed by atoms with van der Waals surface area (Å²) in [6, 6.07) is 8.11. The van der Waals surface area contributed by atoms with E-state index >= 15 is 0 Å². The number of phenolic OH excluding ortho intramolecular Hbond substituents is 1. The van der Waals surface area contributed by atoms with Crippen molar-refractivity contribution in [1.82, 2.24) is 4.98 Å². The summed E-state index contributed by atoms with van der Waals surface area (Å²) in [6.45, 7) is 5.21. The topological polar surface area (TPSA) is 42.4 Å². The number of hydrogen-bond donors (Lipinski definition) is 1. The van der Waals surface area contributed by atoms with Gasteiger partial charge in [-0.2, -0.15) is 0 Å². The van der Waals surface area contributed by atoms with E-state index in [4.69, 9.17) is 4.74 Å². The first-order valence-corrected chi connectivity index (χ1v) is 9.83. The molecule has 0 saturated carbocycles. The number of ether oxygens (including phenoxy) is 1. The Hall–Kier alpha value is -2.20. The van der Waals surface area contributed by atoms with Gasteiger partial charge < -0.3 is 9.84 Å². The van der Waals surface area contributed by atoms with Gasteiger partial charge in [-0.05, 0) is 62.4 Å². The SMILES string of the molecule is CCCCCOC(C)CCCC=Cc1ccc(-c2ccc(O)c(F)c2)nc1. The summed E-state index contributed by atoms with van der Waals surface area (Å²) in [5.41, 5.74) is 2.34. The molecule has 3 nitrogen and oxygen atoms in total. The first-order valence-electron chi connectivity index (χ1n) is 9.83. The summed E-state index contributed by atoms with van der Waals surface area (Å²) >= 11 is 0. The summed E-state index contributed by atoms with van der Waals surface area (Å²) in [6.07, 6.45) is 13.1. The maximum absolute atomic E-state index is 13.4. The average Bonchev–Trinajstić information content (AvgIpc) is 2.68. The minimum Gasteiger partial charge on any atom is -0.505 e. The molecule has 2 aromatic rings. The molecule has 1 aromatic heterocycles. The van der Waals surface area contributed by atoms with Crippen LogP contribution in [0.2, 0.25) is 0 Å². The van der Waals surface area contributed by atoms with Gasteiger partial charge in [0.1, 0.15) is 0 Å². The lowest BCUT2D eigenvalue weighted by molar-refractivity contribution is 0.0566. The van der Waals surface area contributed by atoms with Gasteiger partial charge >= 0.3 is 0 Å². The molecule has 0 radical (unpaired) electrons. The van der Waals surface area contributed by atoms with E-state index in [-0.39, 0.29) is 5.75 Å². The van der Waals surface area contributed by atoms with E-state index in [9.17, 15) is 9.50 Å². The summed E-state index contributed by atoms with van der Waals surface area (Å²) < 4.78 is 19.2. The van der Waals surface area contributed by atoms with Gasteiger partial charge in [0, 0.05) is 18.4 Å². The van der Waals surface area contributed by atoms with Gasteiger partial charge in [0.05, 0.1) is 11.8 Å². The largest absolute Gasteiger partial charge is 0.505 e. The lowest BCUT2D eigenvalue weighted by atomic mass is 10.1. The molecule has 1 heterocycles. The van der Waals surface area contributed by atoms with E-state index in [1.54, 1.807) is 12.3 Å². The molecule has 1 atom stereocenters. The van der Waals surface area contributed by atoms with Crippen LogP contribution >= 0.6 is 0 Å². The maximum Gasteiger partial charge on any atom is 0.165 e. The first kappa shape index (κ1) is 21.1. The smallest absolute Gasteiger partial charge is 0.165 e. The molecular weight excluding hydrogens is 341 g/mol. The van der Waals surface area contributed by atoms with Crippen LogP contribution in [0.3, 0.4) is 0 Å². The second kappa shape index (κ2) is 11.5. The minimum absolute atomic E-state index is 0.321. The van der Waals surface area contributed by atoms with Crippen LogP contribution in [-0.4, -0.2) is 22.8 Å². The minimum atomic E-state index is -0.637. The summed E-state index contributed by atoms with van der Waals surface area (Å²) in [4.78, 5) is 4.38. The molecule has 0 saturated heterocycles. The second-order valence-electron chi connectivity index (χ2n) is 6.86. The standard InChI is InChI=1S/C23H30FNO2/c1-3-4-8-15-27-18(2)9-6-5-7-10-19-11-13-22(25-17-19)20-12-14-23(26)21(24)16-20/h7,10-14,16-18,26H,3-6,8-9,15H2,1-2H3. The van der Waals surface area contributed by atoms with Gasteiger partial charge in [-0.25, -0.2) is 4.39 Å². The zero-order valence-corrected chi connectivity index (χ0v) is 16.3. The second-order valence-corrected chi connectivity index (χ2v) is 6.86. The van der Waals surface area contributed by atoms with E-state index in [0.717, 1.165) is 37.9 Å². The van der Waals surface area contributed by atoms with E-state index in [0.29, 0.717) is 17.4 Å². The highest BCUT2D eigenvalue weighted by atomic mass is 19.1. The predicted octanol–water partition coefficient (Wildman–Crippen LogP) is 6.37. The fraction of sp³-hybridized carbons (Fsp3) is 0.435. The third-order valence-corrected chi connectivity index (χ3v) is 4.47. The third-order valence-electron chi connectivity index (χ3n) is 4.47. The van der Waals surface area contributed by atoms with Crippen molar-refractivity contribution in [3.63, 3.8) is 0 Å². The van der Waals surface area contributed by atoms with E-state index < -0.39 is 5.82 Å². The number of rotatable bonds is 11. The molecular formula is C23H30FNO2. The van der Waals surface area contributed by atoms with Crippen molar-refractivity contribution in [3.05, 3.63) is 54.0 Å². The number of phenols is 1. The fourth-order valence-electron chi connectivity index (χ4n) is 2.80. The molecule has 0 amide bonds. The van der Waals surface area contributed by atoms with Crippen molar-refractivity contribution in [1.29, 1.82) is 0 Å². The number of unbranched alkanes of at least 4 members (excludes halogenated alkanes) is 3. The Balaban J connectivity index is 1.73. The van der Waals surface area contributed by atoms with Crippen molar-refractivity contribution in [2.45, 2.75) is 58.5 Å². The number of nitrogens with zero attached hydrogens (tertiary/aromatic N) is 1. The Kier molecular flexibility index (Phi) is 8.99. The molecule has 0 aliphatic rings. The van der Waals surface area contributed by atoms with Crippen molar-refractivity contribution in [2.24, 2.45) is 0 Å².